The van der Waals surface area contributed by atoms with E-state index in [1.807, 2.05) is 84.9 Å². The lowest BCUT2D eigenvalue weighted by molar-refractivity contribution is -0.130. The molecule has 224 valence electrons. The number of carbonyl (C=O) groups excluding carboxylic acids is 3. The predicted molar refractivity (Wildman–Crippen MR) is 182 cm³/mol. The fourth-order valence-corrected chi connectivity index (χ4v) is 8.58. The topological polar surface area (TPSA) is 54.5 Å². The van der Waals surface area contributed by atoms with E-state index in [1.165, 1.54) is 4.90 Å². The highest BCUT2D eigenvalue weighted by Gasteiger charge is 2.82. The van der Waals surface area contributed by atoms with Gasteiger partial charge in [0.1, 0.15) is 0 Å². The third-order valence-corrected chi connectivity index (χ3v) is 10.6. The molecule has 2 amide bonds. The molecule has 1 aliphatic heterocycles. The van der Waals surface area contributed by atoms with Gasteiger partial charge >= 0.3 is 0 Å². The number of fused-ring (bicyclic) bond motifs is 5. The third kappa shape index (κ3) is 3.72. The van der Waals surface area contributed by atoms with Crippen LogP contribution in [-0.4, -0.2) is 17.6 Å². The average Bonchev–Trinajstić information content (AvgIpc) is 3.58. The largest absolute Gasteiger partial charge is 0.297 e. The van der Waals surface area contributed by atoms with Crippen molar-refractivity contribution in [2.24, 2.45) is 11.8 Å². The van der Waals surface area contributed by atoms with Crippen LogP contribution < -0.4 is 4.90 Å². The standard InChI is InChI=1S/C39H24Cl3NO3/c40-27-15-11-25(12-16-27)38-31(23-7-3-1-4-8-23)32(24-9-5-2-6-10-24)39(37(38)46,26-13-17-28(41)18-14-26)34-33(38)35(44)43(36(34)45)30-21-19-29(42)20-22-30/h1-22,33-34H. The molecule has 3 aliphatic rings. The van der Waals surface area contributed by atoms with Crippen LogP contribution in [0.4, 0.5) is 5.69 Å². The van der Waals surface area contributed by atoms with Gasteiger partial charge < -0.3 is 0 Å². The highest BCUT2D eigenvalue weighted by atomic mass is 35.5. The fourth-order valence-electron chi connectivity index (χ4n) is 8.20. The molecule has 1 heterocycles. The first-order valence-corrected chi connectivity index (χ1v) is 16.0. The van der Waals surface area contributed by atoms with Crippen molar-refractivity contribution in [3.63, 3.8) is 0 Å². The van der Waals surface area contributed by atoms with Gasteiger partial charge in [-0.2, -0.15) is 0 Å². The molecule has 2 bridgehead atoms. The second-order valence-corrected chi connectivity index (χ2v) is 13.2. The smallest absolute Gasteiger partial charge is 0.239 e. The second-order valence-electron chi connectivity index (χ2n) is 11.9. The number of nitrogens with zero attached hydrogens (tertiary/aromatic N) is 1. The number of carbonyl (C=O) groups is 3. The van der Waals surface area contributed by atoms with E-state index < -0.39 is 34.5 Å². The first-order chi connectivity index (χ1) is 22.3. The van der Waals surface area contributed by atoms with Crippen molar-refractivity contribution < 1.29 is 14.4 Å². The molecule has 8 rings (SSSR count). The molecule has 1 saturated carbocycles. The summed E-state index contributed by atoms with van der Waals surface area (Å²) in [6.45, 7) is 0. The van der Waals surface area contributed by atoms with E-state index in [1.54, 1.807) is 48.5 Å². The predicted octanol–water partition coefficient (Wildman–Crippen LogP) is 8.84. The molecule has 46 heavy (non-hydrogen) atoms. The lowest BCUT2D eigenvalue weighted by Gasteiger charge is -2.39. The highest BCUT2D eigenvalue weighted by Crippen LogP contribution is 2.74. The van der Waals surface area contributed by atoms with Gasteiger partial charge in [0.2, 0.25) is 11.8 Å². The van der Waals surface area contributed by atoms with E-state index in [4.69, 9.17) is 34.8 Å². The molecule has 2 fully saturated rings. The van der Waals surface area contributed by atoms with Crippen LogP contribution in [0.5, 0.6) is 0 Å². The van der Waals surface area contributed by atoms with Crippen LogP contribution in [0.15, 0.2) is 133 Å². The lowest BCUT2D eigenvalue weighted by Crippen LogP contribution is -2.45. The van der Waals surface area contributed by atoms with Gasteiger partial charge in [0.25, 0.3) is 0 Å². The Balaban J connectivity index is 1.56. The number of amides is 2. The molecule has 0 N–H and O–H groups in total. The minimum absolute atomic E-state index is 0.213. The van der Waals surface area contributed by atoms with Crippen molar-refractivity contribution in [3.8, 4) is 0 Å². The minimum Gasteiger partial charge on any atom is -0.297 e. The van der Waals surface area contributed by atoms with Gasteiger partial charge in [0, 0.05) is 15.1 Å². The van der Waals surface area contributed by atoms with Crippen molar-refractivity contribution in [1.29, 1.82) is 0 Å². The van der Waals surface area contributed by atoms with Gasteiger partial charge in [-0.1, -0.05) is 120 Å². The molecule has 4 unspecified atom stereocenters. The highest BCUT2D eigenvalue weighted by molar-refractivity contribution is 6.39. The Morgan fingerprint density at radius 3 is 1.17 bits per heavy atom. The number of hydrogen-bond acceptors (Lipinski definition) is 3. The van der Waals surface area contributed by atoms with Crippen molar-refractivity contribution in [2.45, 2.75) is 10.8 Å². The number of allylic oxidation sites excluding steroid dienone is 2. The normalized spacial score (nSPS) is 25.0. The quantitative estimate of drug-likeness (QED) is 0.177. The average molecular weight is 661 g/mol. The summed E-state index contributed by atoms with van der Waals surface area (Å²) in [6, 6.07) is 40.2. The van der Waals surface area contributed by atoms with Crippen molar-refractivity contribution in [2.75, 3.05) is 4.90 Å². The van der Waals surface area contributed by atoms with Crippen LogP contribution in [0.2, 0.25) is 15.1 Å². The number of benzene rings is 5. The number of rotatable bonds is 5. The maximum atomic E-state index is 15.9. The fraction of sp³-hybridized carbons (Fsp3) is 0.103. The van der Waals surface area contributed by atoms with Crippen LogP contribution in [0.1, 0.15) is 22.3 Å². The molecule has 1 saturated heterocycles. The van der Waals surface area contributed by atoms with Crippen molar-refractivity contribution >= 4 is 69.2 Å². The van der Waals surface area contributed by atoms with E-state index in [2.05, 4.69) is 0 Å². The Hall–Kier alpha value is -4.48. The zero-order valence-corrected chi connectivity index (χ0v) is 26.4. The van der Waals surface area contributed by atoms with E-state index in [0.29, 0.717) is 43.0 Å². The summed E-state index contributed by atoms with van der Waals surface area (Å²) in [5.41, 5.74) is 1.59. The maximum Gasteiger partial charge on any atom is 0.239 e. The molecule has 0 radical (unpaired) electrons. The number of anilines is 1. The summed E-state index contributed by atoms with van der Waals surface area (Å²) in [7, 11) is 0. The minimum atomic E-state index is -1.52. The van der Waals surface area contributed by atoms with Crippen molar-refractivity contribution in [1.82, 2.24) is 0 Å². The van der Waals surface area contributed by atoms with Gasteiger partial charge in [0.05, 0.1) is 28.4 Å². The Morgan fingerprint density at radius 1 is 0.457 bits per heavy atom. The monoisotopic (exact) mass is 659 g/mol. The zero-order valence-electron chi connectivity index (χ0n) is 24.2. The van der Waals surface area contributed by atoms with E-state index in [-0.39, 0.29) is 5.78 Å². The number of hydrogen-bond donors (Lipinski definition) is 0. The van der Waals surface area contributed by atoms with Crippen LogP contribution in [-0.2, 0) is 25.2 Å². The Kier molecular flexibility index (Phi) is 6.63. The number of Topliss-reactive ketones (excluding diaryl/α,β-unsaturated/α-hetero) is 1. The number of ketones is 1. The molecular weight excluding hydrogens is 637 g/mol. The van der Waals surface area contributed by atoms with E-state index >= 15 is 4.79 Å². The molecule has 0 spiro atoms. The first-order valence-electron chi connectivity index (χ1n) is 14.9. The molecule has 5 aromatic carbocycles. The van der Waals surface area contributed by atoms with Gasteiger partial charge in [-0.3, -0.25) is 14.4 Å². The Morgan fingerprint density at radius 2 is 0.804 bits per heavy atom. The summed E-state index contributed by atoms with van der Waals surface area (Å²) in [6.07, 6.45) is 0. The molecule has 0 aromatic heterocycles. The molecule has 7 heteroatoms. The van der Waals surface area contributed by atoms with Gasteiger partial charge in [-0.05, 0) is 81.9 Å². The summed E-state index contributed by atoms with van der Waals surface area (Å²) >= 11 is 19.0. The summed E-state index contributed by atoms with van der Waals surface area (Å²) in [5, 5.41) is 1.47. The molecule has 4 atom stereocenters. The lowest BCUT2D eigenvalue weighted by atomic mass is 9.59. The second kappa shape index (κ2) is 10.5. The molecule has 5 aromatic rings. The van der Waals surface area contributed by atoms with Gasteiger partial charge in [0.15, 0.2) is 5.78 Å². The number of halogens is 3. The van der Waals surface area contributed by atoms with Crippen molar-refractivity contribution in [3.05, 3.63) is 171 Å². The summed E-state index contributed by atoms with van der Waals surface area (Å²) in [5.74, 6) is -3.16. The SMILES string of the molecule is O=C1C2C(C(=O)N1c1ccc(Cl)cc1)C1(c3ccc(Cl)cc3)C(=O)C2(c2ccc(Cl)cc2)C(c2ccccc2)=C1c1ccccc1. The Labute approximate surface area is 280 Å². The summed E-state index contributed by atoms with van der Waals surface area (Å²) < 4.78 is 0. The first kappa shape index (κ1) is 29.0. The van der Waals surface area contributed by atoms with Crippen LogP contribution in [0.3, 0.4) is 0 Å². The van der Waals surface area contributed by atoms with E-state index in [9.17, 15) is 9.59 Å². The maximum absolute atomic E-state index is 15.9. The third-order valence-electron chi connectivity index (χ3n) is 9.80. The molecule has 4 nitrogen and oxygen atoms in total. The summed E-state index contributed by atoms with van der Waals surface area (Å²) in [4.78, 5) is 47.1. The van der Waals surface area contributed by atoms with Crippen LogP contribution in [0, 0.1) is 11.8 Å². The molecular formula is C39H24Cl3NO3. The van der Waals surface area contributed by atoms with Crippen LogP contribution in [0.25, 0.3) is 11.1 Å². The van der Waals surface area contributed by atoms with Crippen LogP contribution >= 0.6 is 34.8 Å². The zero-order chi connectivity index (χ0) is 31.8. The Bertz CT molecular complexity index is 1950. The molecule has 2 aliphatic carbocycles. The van der Waals surface area contributed by atoms with E-state index in [0.717, 1.165) is 11.1 Å². The van der Waals surface area contributed by atoms with Gasteiger partial charge in [-0.15, -0.1) is 0 Å². The van der Waals surface area contributed by atoms with Gasteiger partial charge in [-0.25, -0.2) is 4.90 Å². The number of imide groups is 1.